The van der Waals surface area contributed by atoms with Gasteiger partial charge in [0.1, 0.15) is 21.1 Å². The molecule has 310 valence electrons. The number of aromatic hydroxyl groups is 1. The Hall–Kier alpha value is -3.63. The first-order valence-corrected chi connectivity index (χ1v) is 22.2. The summed E-state index contributed by atoms with van der Waals surface area (Å²) in [6, 6.07) is 12.2. The summed E-state index contributed by atoms with van der Waals surface area (Å²) in [4.78, 5) is 11.0. The van der Waals surface area contributed by atoms with Crippen molar-refractivity contribution in [1.82, 2.24) is 19.6 Å². The molecule has 0 radical (unpaired) electrons. The molecule has 0 amide bonds. The van der Waals surface area contributed by atoms with Crippen LogP contribution in [0.1, 0.15) is 47.6 Å². The first-order chi connectivity index (χ1) is 27.7. The van der Waals surface area contributed by atoms with Gasteiger partial charge >= 0.3 is 0 Å². The number of benzene rings is 3. The second kappa shape index (κ2) is 20.4. The molecule has 0 saturated carbocycles. The number of hydrogen-bond donors (Lipinski definition) is 1. The van der Waals surface area contributed by atoms with Crippen molar-refractivity contribution in [2.75, 3.05) is 95.0 Å². The Morgan fingerprint density at radius 3 is 1.35 bits per heavy atom. The Labute approximate surface area is 350 Å². The Kier molecular flexibility index (Phi) is 15.4. The van der Waals surface area contributed by atoms with Crippen LogP contribution in [0, 0.1) is 3.82 Å². The van der Waals surface area contributed by atoms with Crippen molar-refractivity contribution in [2.45, 2.75) is 52.4 Å². The van der Waals surface area contributed by atoms with Gasteiger partial charge in [-0.2, -0.15) is 0 Å². The molecular weight excluding hydrogens is 781 g/mol. The number of hydrogen-bond acceptors (Lipinski definition) is 14. The van der Waals surface area contributed by atoms with Crippen molar-refractivity contribution >= 4 is 32.9 Å². The normalized spacial score (nSPS) is 15.8. The topological polar surface area (TPSA) is 88.6 Å². The molecule has 3 aromatic carbocycles. The van der Waals surface area contributed by atoms with Gasteiger partial charge in [-0.1, -0.05) is 46.2 Å². The van der Waals surface area contributed by atoms with E-state index in [0.29, 0.717) is 30.3 Å². The van der Waals surface area contributed by atoms with Gasteiger partial charge in [0, 0.05) is 113 Å². The number of ether oxygens (including phenoxy) is 6. The van der Waals surface area contributed by atoms with Crippen molar-refractivity contribution in [3.05, 3.63) is 68.0 Å². The fourth-order valence-electron chi connectivity index (χ4n) is 7.87. The van der Waals surface area contributed by atoms with Crippen LogP contribution in [0.4, 0.5) is 0 Å². The minimum Gasteiger partial charge on any atom is -0.507 e. The highest BCUT2D eigenvalue weighted by atomic mass is 32.9. The van der Waals surface area contributed by atoms with Crippen LogP contribution in [0.15, 0.2) is 36.4 Å². The van der Waals surface area contributed by atoms with Gasteiger partial charge in [0.05, 0.1) is 47.5 Å². The molecule has 2 saturated heterocycles. The zero-order valence-corrected chi connectivity index (χ0v) is 36.9. The van der Waals surface area contributed by atoms with E-state index in [1.54, 1.807) is 63.3 Å². The van der Waals surface area contributed by atoms with Crippen molar-refractivity contribution in [3.63, 3.8) is 0 Å². The Morgan fingerprint density at radius 1 is 0.561 bits per heavy atom. The van der Waals surface area contributed by atoms with Crippen molar-refractivity contribution in [2.24, 2.45) is 0 Å². The molecule has 0 aliphatic carbocycles. The molecule has 2 fully saturated rings. The van der Waals surface area contributed by atoms with Gasteiger partial charge in [0.2, 0.25) is 0 Å². The summed E-state index contributed by atoms with van der Waals surface area (Å²) in [5.74, 6) is 4.71. The average Bonchev–Trinajstić information content (AvgIpc) is 3.61. The second-order valence-electron chi connectivity index (χ2n) is 14.7. The van der Waals surface area contributed by atoms with Gasteiger partial charge in [-0.05, 0) is 48.2 Å². The quantitative estimate of drug-likeness (QED) is 0.0780. The number of methoxy groups -OCH3 is 6. The summed E-state index contributed by atoms with van der Waals surface area (Å²) in [6.07, 6.45) is 3.21. The summed E-state index contributed by atoms with van der Waals surface area (Å²) in [5.41, 5.74) is 6.46. The van der Waals surface area contributed by atoms with Gasteiger partial charge in [0.15, 0.2) is 23.0 Å². The van der Waals surface area contributed by atoms with E-state index in [2.05, 4.69) is 38.7 Å². The molecule has 3 heterocycles. The second-order valence-corrected chi connectivity index (χ2v) is 17.5. The number of unbranched alkanes of at least 4 members (excludes halogenated alkanes) is 1. The molecule has 0 unspecified atom stereocenters. The van der Waals surface area contributed by atoms with Crippen molar-refractivity contribution < 1.29 is 33.5 Å². The molecular formula is C43H58N4O7S3. The van der Waals surface area contributed by atoms with E-state index >= 15 is 0 Å². The molecule has 0 bridgehead atoms. The standard InChI is InChI=1S/C43H58N4O7S3/c1-8-9-10-36-42(56-57-43(36)55)29-19-30(25-44-11-15-46(16-12-44)27-32-21-34(49-2)23-37(51-4)40(32)53-6)39(48)31(20-29)26-45-13-17-47(18-14-45)28-33-22-35(50-3)24-38(52-5)41(33)54-7/h19-24,48H,8-18,25-28H2,1-7H3. The highest BCUT2D eigenvalue weighted by Crippen LogP contribution is 2.41. The Bertz CT molecular complexity index is 1900. The number of piperazine rings is 2. The molecule has 6 rings (SSSR count). The monoisotopic (exact) mass is 838 g/mol. The Balaban J connectivity index is 1.18. The number of phenols is 1. The molecule has 1 N–H and O–H groups in total. The maximum absolute atomic E-state index is 12.0. The minimum absolute atomic E-state index is 0.402. The van der Waals surface area contributed by atoms with Crippen LogP contribution in [0.25, 0.3) is 10.4 Å². The van der Waals surface area contributed by atoms with Crippen molar-refractivity contribution in [3.8, 4) is 50.7 Å². The third-order valence-corrected chi connectivity index (χ3v) is 14.3. The Morgan fingerprint density at radius 2 is 0.982 bits per heavy atom. The molecule has 0 atom stereocenters. The van der Waals surface area contributed by atoms with Crippen molar-refractivity contribution in [1.29, 1.82) is 0 Å². The summed E-state index contributed by atoms with van der Waals surface area (Å²) in [7, 11) is 13.5. The number of nitrogens with zero attached hydrogens (tertiary/aromatic N) is 4. The lowest BCUT2D eigenvalue weighted by atomic mass is 9.98. The first-order valence-electron chi connectivity index (χ1n) is 19.7. The summed E-state index contributed by atoms with van der Waals surface area (Å²) < 4.78 is 34.8. The van der Waals surface area contributed by atoms with E-state index in [1.165, 1.54) is 10.4 Å². The van der Waals surface area contributed by atoms with Crippen LogP contribution in [-0.4, -0.2) is 120 Å². The lowest BCUT2D eigenvalue weighted by molar-refractivity contribution is 0.118. The molecule has 4 aromatic rings. The van der Waals surface area contributed by atoms with Gasteiger partial charge in [0.25, 0.3) is 0 Å². The first kappa shape index (κ1) is 43.0. The minimum atomic E-state index is 0.402. The zero-order valence-electron chi connectivity index (χ0n) is 34.5. The van der Waals surface area contributed by atoms with E-state index in [-0.39, 0.29) is 0 Å². The summed E-state index contributed by atoms with van der Waals surface area (Å²) >= 11 is 5.85. The van der Waals surface area contributed by atoms with E-state index in [0.717, 1.165) is 139 Å². The van der Waals surface area contributed by atoms with Crippen LogP contribution in [0.5, 0.6) is 40.2 Å². The van der Waals surface area contributed by atoms with Gasteiger partial charge in [-0.3, -0.25) is 19.6 Å². The fraction of sp³-hybridized carbons (Fsp3) is 0.512. The van der Waals surface area contributed by atoms with Crippen LogP contribution < -0.4 is 28.4 Å². The predicted molar refractivity (Wildman–Crippen MR) is 232 cm³/mol. The molecule has 2 aliphatic rings. The third kappa shape index (κ3) is 10.3. The van der Waals surface area contributed by atoms with Gasteiger partial charge in [-0.15, -0.1) is 0 Å². The highest BCUT2D eigenvalue weighted by Gasteiger charge is 2.26. The van der Waals surface area contributed by atoms with E-state index in [9.17, 15) is 5.11 Å². The van der Waals surface area contributed by atoms with E-state index in [4.69, 9.17) is 40.6 Å². The predicted octanol–water partition coefficient (Wildman–Crippen LogP) is 7.94. The number of phenolic OH excluding ortho intramolecular Hbond substituents is 1. The summed E-state index contributed by atoms with van der Waals surface area (Å²) in [6.45, 7) is 12.1. The van der Waals surface area contributed by atoms with Crippen LogP contribution >= 0.6 is 32.9 Å². The maximum Gasteiger partial charge on any atom is 0.165 e. The molecule has 2 aliphatic heterocycles. The van der Waals surface area contributed by atoms with Crippen LogP contribution in [-0.2, 0) is 32.6 Å². The SMILES string of the molecule is CCCCc1c(-c2cc(CN3CCN(Cc4cc(OC)cc(OC)c4OC)CC3)c(O)c(CN3CCN(Cc4cc(OC)cc(OC)c4OC)CC3)c2)ssc1=S. The molecule has 14 heteroatoms. The van der Waals surface area contributed by atoms with Gasteiger partial charge in [-0.25, -0.2) is 0 Å². The highest BCUT2D eigenvalue weighted by molar-refractivity contribution is 7.80. The van der Waals surface area contributed by atoms with Crippen LogP contribution in [0.3, 0.4) is 0 Å². The average molecular weight is 839 g/mol. The maximum atomic E-state index is 12.0. The summed E-state index contributed by atoms with van der Waals surface area (Å²) in [5, 5.41) is 12.0. The molecule has 1 aromatic heterocycles. The van der Waals surface area contributed by atoms with E-state index < -0.39 is 0 Å². The largest absolute Gasteiger partial charge is 0.507 e. The zero-order chi connectivity index (χ0) is 40.5. The molecule has 11 nitrogen and oxygen atoms in total. The number of rotatable bonds is 18. The lowest BCUT2D eigenvalue weighted by Gasteiger charge is -2.36. The molecule has 57 heavy (non-hydrogen) atoms. The third-order valence-electron chi connectivity index (χ3n) is 11.1. The molecule has 0 spiro atoms. The van der Waals surface area contributed by atoms with Crippen LogP contribution in [0.2, 0.25) is 0 Å². The smallest absolute Gasteiger partial charge is 0.165 e. The lowest BCUT2D eigenvalue weighted by Crippen LogP contribution is -2.45. The van der Waals surface area contributed by atoms with E-state index in [1.807, 2.05) is 24.3 Å². The van der Waals surface area contributed by atoms with Gasteiger partial charge < -0.3 is 33.5 Å². The fourth-order valence-corrected chi connectivity index (χ4v) is 10.9.